The second-order valence-corrected chi connectivity index (χ2v) is 7.25. The van der Waals surface area contributed by atoms with E-state index >= 15 is 0 Å². The first-order valence-corrected chi connectivity index (χ1v) is 10.1. The lowest BCUT2D eigenvalue weighted by Gasteiger charge is -2.24. The summed E-state index contributed by atoms with van der Waals surface area (Å²) in [5.41, 5.74) is 2.40. The van der Waals surface area contributed by atoms with Crippen LogP contribution in [0.3, 0.4) is 0 Å². The van der Waals surface area contributed by atoms with E-state index < -0.39 is 0 Å². The van der Waals surface area contributed by atoms with Crippen molar-refractivity contribution in [2.75, 3.05) is 28.1 Å². The second kappa shape index (κ2) is 9.51. The molecule has 1 aliphatic heterocycles. The van der Waals surface area contributed by atoms with Crippen LogP contribution in [-0.2, 0) is 13.1 Å². The summed E-state index contributed by atoms with van der Waals surface area (Å²) in [5.74, 6) is 2.53. The maximum Gasteiger partial charge on any atom is 0.254 e. The zero-order valence-corrected chi connectivity index (χ0v) is 18.3. The fraction of sp³-hybridized carbons (Fsp3) is 0.240. The van der Waals surface area contributed by atoms with Crippen molar-refractivity contribution < 1.29 is 28.5 Å². The molecule has 0 unspecified atom stereocenters. The van der Waals surface area contributed by atoms with E-state index in [0.717, 1.165) is 11.1 Å². The van der Waals surface area contributed by atoms with E-state index in [9.17, 15) is 4.79 Å². The number of rotatable bonds is 8. The molecule has 7 heteroatoms. The van der Waals surface area contributed by atoms with Crippen LogP contribution in [0.15, 0.2) is 60.7 Å². The van der Waals surface area contributed by atoms with Gasteiger partial charge in [0.1, 0.15) is 0 Å². The molecule has 0 N–H and O–H groups in total. The van der Waals surface area contributed by atoms with Gasteiger partial charge in [-0.1, -0.05) is 36.4 Å². The second-order valence-electron chi connectivity index (χ2n) is 7.25. The van der Waals surface area contributed by atoms with Gasteiger partial charge in [0.15, 0.2) is 23.0 Å². The summed E-state index contributed by atoms with van der Waals surface area (Å²) in [6, 6.07) is 18.9. The first-order chi connectivity index (χ1) is 15.6. The van der Waals surface area contributed by atoms with Crippen molar-refractivity contribution in [3.8, 4) is 28.7 Å². The molecule has 7 nitrogen and oxygen atoms in total. The number of carbonyl (C=O) groups is 1. The van der Waals surface area contributed by atoms with Crippen molar-refractivity contribution in [2.24, 2.45) is 0 Å². The first-order valence-electron chi connectivity index (χ1n) is 10.1. The van der Waals surface area contributed by atoms with Crippen LogP contribution >= 0.6 is 0 Å². The molecule has 3 aromatic carbocycles. The highest BCUT2D eigenvalue weighted by Crippen LogP contribution is 2.39. The predicted octanol–water partition coefficient (Wildman–Crippen LogP) is 4.28. The van der Waals surface area contributed by atoms with Gasteiger partial charge in [-0.05, 0) is 35.4 Å². The van der Waals surface area contributed by atoms with Crippen molar-refractivity contribution in [3.63, 3.8) is 0 Å². The molecule has 1 heterocycles. The van der Waals surface area contributed by atoms with E-state index in [2.05, 4.69) is 0 Å². The third kappa shape index (κ3) is 4.42. The zero-order chi connectivity index (χ0) is 22.5. The average Bonchev–Trinajstić information content (AvgIpc) is 3.30. The van der Waals surface area contributed by atoms with Crippen molar-refractivity contribution in [3.05, 3.63) is 77.4 Å². The fourth-order valence-corrected chi connectivity index (χ4v) is 3.65. The summed E-state index contributed by atoms with van der Waals surface area (Å²) in [5, 5.41) is 0. The van der Waals surface area contributed by atoms with Crippen LogP contribution in [0.1, 0.15) is 21.5 Å². The van der Waals surface area contributed by atoms with Crippen LogP contribution in [-0.4, -0.2) is 38.9 Å². The number of ether oxygens (including phenoxy) is 5. The Hall–Kier alpha value is -3.87. The molecule has 0 radical (unpaired) electrons. The topological polar surface area (TPSA) is 66.5 Å². The Morgan fingerprint density at radius 2 is 1.47 bits per heavy atom. The average molecular weight is 435 g/mol. The number of carbonyl (C=O) groups excluding carboxylic acids is 1. The van der Waals surface area contributed by atoms with Crippen molar-refractivity contribution in [2.45, 2.75) is 13.1 Å². The van der Waals surface area contributed by atoms with Crippen molar-refractivity contribution in [1.82, 2.24) is 4.90 Å². The summed E-state index contributed by atoms with van der Waals surface area (Å²) >= 11 is 0. The maximum absolute atomic E-state index is 13.6. The molecule has 4 rings (SSSR count). The highest BCUT2D eigenvalue weighted by atomic mass is 16.7. The smallest absolute Gasteiger partial charge is 0.254 e. The number of hydrogen-bond acceptors (Lipinski definition) is 6. The summed E-state index contributed by atoms with van der Waals surface area (Å²) in [6.45, 7) is 1.03. The highest BCUT2D eigenvalue weighted by molar-refractivity contribution is 5.95. The first kappa shape index (κ1) is 21.4. The lowest BCUT2D eigenvalue weighted by molar-refractivity contribution is 0.0729. The molecule has 0 atom stereocenters. The molecule has 166 valence electrons. The zero-order valence-electron chi connectivity index (χ0n) is 18.3. The molecule has 0 bridgehead atoms. The Morgan fingerprint density at radius 3 is 2.12 bits per heavy atom. The van der Waals surface area contributed by atoms with E-state index in [-0.39, 0.29) is 12.7 Å². The van der Waals surface area contributed by atoms with Crippen LogP contribution < -0.4 is 23.7 Å². The number of benzene rings is 3. The van der Waals surface area contributed by atoms with Crippen LogP contribution in [0, 0.1) is 0 Å². The van der Waals surface area contributed by atoms with Gasteiger partial charge in [0, 0.05) is 18.7 Å². The molecule has 0 fully saturated rings. The van der Waals surface area contributed by atoms with Crippen molar-refractivity contribution >= 4 is 5.91 Å². The van der Waals surface area contributed by atoms with Gasteiger partial charge >= 0.3 is 0 Å². The van der Waals surface area contributed by atoms with Crippen LogP contribution in [0.4, 0.5) is 0 Å². The third-order valence-corrected chi connectivity index (χ3v) is 5.23. The van der Waals surface area contributed by atoms with Crippen molar-refractivity contribution in [1.29, 1.82) is 0 Å². The highest BCUT2D eigenvalue weighted by Gasteiger charge is 2.23. The minimum Gasteiger partial charge on any atom is -0.493 e. The Morgan fingerprint density at radius 1 is 0.812 bits per heavy atom. The molecule has 0 saturated carbocycles. The largest absolute Gasteiger partial charge is 0.493 e. The molecule has 0 aromatic heterocycles. The van der Waals surface area contributed by atoms with Gasteiger partial charge < -0.3 is 28.6 Å². The Balaban J connectivity index is 1.68. The molecule has 32 heavy (non-hydrogen) atoms. The Kier molecular flexibility index (Phi) is 6.35. The van der Waals surface area contributed by atoms with Crippen LogP contribution in [0.5, 0.6) is 28.7 Å². The molecule has 1 aliphatic rings. The van der Waals surface area contributed by atoms with E-state index in [1.165, 1.54) is 21.3 Å². The quantitative estimate of drug-likeness (QED) is 0.526. The number of amides is 1. The van der Waals surface area contributed by atoms with E-state index in [0.29, 0.717) is 47.4 Å². The minimum atomic E-state index is -0.161. The third-order valence-electron chi connectivity index (χ3n) is 5.23. The molecule has 1 amide bonds. The van der Waals surface area contributed by atoms with E-state index in [1.54, 1.807) is 17.0 Å². The van der Waals surface area contributed by atoms with Gasteiger partial charge in [-0.2, -0.15) is 0 Å². The van der Waals surface area contributed by atoms with Crippen LogP contribution in [0.2, 0.25) is 0 Å². The Labute approximate surface area is 187 Å². The van der Waals surface area contributed by atoms with E-state index in [4.69, 9.17) is 23.7 Å². The standard InChI is InChI=1S/C25H25NO6/c1-28-22-12-19(13-23(29-2)24(22)30-3)25(27)26(14-17-7-5-4-6-8-17)15-18-9-10-20-21(11-18)32-16-31-20/h4-13H,14-16H2,1-3H3. The number of methoxy groups -OCH3 is 3. The summed E-state index contributed by atoms with van der Waals surface area (Å²) in [6.07, 6.45) is 0. The lowest BCUT2D eigenvalue weighted by atomic mass is 10.1. The lowest BCUT2D eigenvalue weighted by Crippen LogP contribution is -2.30. The number of hydrogen-bond donors (Lipinski definition) is 0. The normalized spacial score (nSPS) is 11.7. The number of nitrogens with zero attached hydrogens (tertiary/aromatic N) is 1. The summed E-state index contributed by atoms with van der Waals surface area (Å²) < 4.78 is 27.1. The maximum atomic E-state index is 13.6. The minimum absolute atomic E-state index is 0.161. The van der Waals surface area contributed by atoms with Crippen LogP contribution in [0.25, 0.3) is 0 Å². The fourth-order valence-electron chi connectivity index (χ4n) is 3.65. The molecule has 0 saturated heterocycles. The van der Waals surface area contributed by atoms with E-state index in [1.807, 2.05) is 48.5 Å². The van der Waals surface area contributed by atoms with Gasteiger partial charge in [0.2, 0.25) is 12.5 Å². The van der Waals surface area contributed by atoms with Gasteiger partial charge in [-0.25, -0.2) is 0 Å². The Bertz CT molecular complexity index is 1070. The van der Waals surface area contributed by atoms with Gasteiger partial charge in [-0.3, -0.25) is 4.79 Å². The molecule has 0 aliphatic carbocycles. The summed E-state index contributed by atoms with van der Waals surface area (Å²) in [7, 11) is 4.59. The predicted molar refractivity (Wildman–Crippen MR) is 119 cm³/mol. The van der Waals surface area contributed by atoms with Gasteiger partial charge in [-0.15, -0.1) is 0 Å². The summed E-state index contributed by atoms with van der Waals surface area (Å²) in [4.78, 5) is 15.4. The molecule has 3 aromatic rings. The van der Waals surface area contributed by atoms with Gasteiger partial charge in [0.05, 0.1) is 21.3 Å². The SMILES string of the molecule is COc1cc(C(=O)N(Cc2ccccc2)Cc2ccc3c(c2)OCO3)cc(OC)c1OC. The molecular formula is C25H25NO6. The molecular weight excluding hydrogens is 410 g/mol. The monoisotopic (exact) mass is 435 g/mol. The molecule has 0 spiro atoms. The van der Waals surface area contributed by atoms with Gasteiger partial charge in [0.25, 0.3) is 5.91 Å². The number of fused-ring (bicyclic) bond motifs is 1.